The molecule has 0 N–H and O–H groups in total. The number of hydrogen-bond donors (Lipinski definition) is 0. The third kappa shape index (κ3) is 3.46. The molecular weight excluding hydrogens is 324 g/mol. The second kappa shape index (κ2) is 5.21. The summed E-state index contributed by atoms with van der Waals surface area (Å²) in [5.41, 5.74) is 0.197. The van der Waals surface area contributed by atoms with E-state index in [9.17, 15) is 26.3 Å². The number of nitrogens with zero attached hydrogens (tertiary/aromatic N) is 3. The van der Waals surface area contributed by atoms with E-state index in [1.807, 2.05) is 0 Å². The van der Waals surface area contributed by atoms with Crippen molar-refractivity contribution in [2.75, 3.05) is 0 Å². The summed E-state index contributed by atoms with van der Waals surface area (Å²) in [5, 5.41) is 3.01. The second-order valence-electron chi connectivity index (χ2n) is 4.00. The van der Waals surface area contributed by atoms with Gasteiger partial charge in [-0.1, -0.05) is 29.8 Å². The number of alkyl halides is 6. The van der Waals surface area contributed by atoms with E-state index in [4.69, 9.17) is 11.6 Å². The Hall–Kier alpha value is -1.77. The molecule has 0 saturated carbocycles. The van der Waals surface area contributed by atoms with Gasteiger partial charge in [-0.05, 0) is 11.6 Å². The van der Waals surface area contributed by atoms with Gasteiger partial charge >= 0.3 is 12.4 Å². The van der Waals surface area contributed by atoms with E-state index in [1.54, 1.807) is 6.07 Å². The minimum absolute atomic E-state index is 0.120. The molecule has 0 aliphatic rings. The van der Waals surface area contributed by atoms with Crippen LogP contribution in [0.25, 0.3) is 0 Å². The summed E-state index contributed by atoms with van der Waals surface area (Å²) in [6.45, 7) is -0.572. The Kier molecular flexibility index (Phi) is 3.87. The van der Waals surface area contributed by atoms with Crippen molar-refractivity contribution in [2.24, 2.45) is 0 Å². The standard InChI is InChI=1S/C11H6ClF6N3/c12-7-4-2-1-3-6(7)5-21-9(11(16,17)18)19-8(20-21)10(13,14)15/h1-4H,5H2. The van der Waals surface area contributed by atoms with Crippen LogP contribution in [-0.4, -0.2) is 14.8 Å². The van der Waals surface area contributed by atoms with Gasteiger partial charge in [0.05, 0.1) is 6.54 Å². The maximum absolute atomic E-state index is 12.7. The highest BCUT2D eigenvalue weighted by molar-refractivity contribution is 6.31. The normalized spacial score (nSPS) is 12.7. The highest BCUT2D eigenvalue weighted by atomic mass is 35.5. The molecule has 0 aliphatic heterocycles. The van der Waals surface area contributed by atoms with Crippen LogP contribution in [0.1, 0.15) is 17.2 Å². The van der Waals surface area contributed by atoms with E-state index >= 15 is 0 Å². The van der Waals surface area contributed by atoms with E-state index in [1.165, 1.54) is 18.2 Å². The van der Waals surface area contributed by atoms with Gasteiger partial charge in [-0.15, -0.1) is 5.10 Å². The minimum Gasteiger partial charge on any atom is -0.237 e. The van der Waals surface area contributed by atoms with Gasteiger partial charge in [0, 0.05) is 5.02 Å². The fourth-order valence-corrected chi connectivity index (χ4v) is 1.77. The maximum Gasteiger partial charge on any atom is 0.453 e. The first-order valence-corrected chi connectivity index (χ1v) is 5.79. The van der Waals surface area contributed by atoms with E-state index in [0.29, 0.717) is 0 Å². The van der Waals surface area contributed by atoms with Gasteiger partial charge in [-0.2, -0.15) is 31.3 Å². The highest BCUT2D eigenvalue weighted by Gasteiger charge is 2.44. The van der Waals surface area contributed by atoms with Crippen LogP contribution in [0.15, 0.2) is 24.3 Å². The summed E-state index contributed by atoms with van der Waals surface area (Å²) in [6, 6.07) is 5.83. The van der Waals surface area contributed by atoms with Crippen molar-refractivity contribution in [2.45, 2.75) is 18.9 Å². The van der Waals surface area contributed by atoms with Gasteiger partial charge in [-0.3, -0.25) is 0 Å². The first-order chi connectivity index (χ1) is 9.59. The Morgan fingerprint density at radius 3 is 2.14 bits per heavy atom. The Bertz CT molecular complexity index is 646. The van der Waals surface area contributed by atoms with Crippen LogP contribution in [0.4, 0.5) is 26.3 Å². The zero-order valence-corrected chi connectivity index (χ0v) is 10.8. The van der Waals surface area contributed by atoms with Crippen molar-refractivity contribution in [3.8, 4) is 0 Å². The maximum atomic E-state index is 12.7. The third-order valence-electron chi connectivity index (χ3n) is 2.46. The Labute approximate surface area is 119 Å². The largest absolute Gasteiger partial charge is 0.453 e. The zero-order chi connectivity index (χ0) is 15.8. The predicted octanol–water partition coefficient (Wildman–Crippen LogP) is 4.02. The number of hydrogen-bond acceptors (Lipinski definition) is 2. The quantitative estimate of drug-likeness (QED) is 0.779. The lowest BCUT2D eigenvalue weighted by Crippen LogP contribution is -2.16. The summed E-state index contributed by atoms with van der Waals surface area (Å²) in [5.74, 6) is -3.57. The van der Waals surface area contributed by atoms with E-state index < -0.39 is 30.5 Å². The molecule has 0 spiro atoms. The zero-order valence-electron chi connectivity index (χ0n) is 10.0. The monoisotopic (exact) mass is 329 g/mol. The first kappa shape index (κ1) is 15.6. The molecule has 3 nitrogen and oxygen atoms in total. The van der Waals surface area contributed by atoms with Crippen molar-refractivity contribution in [1.82, 2.24) is 14.8 Å². The summed E-state index contributed by atoms with van der Waals surface area (Å²) in [7, 11) is 0. The topological polar surface area (TPSA) is 30.7 Å². The Morgan fingerprint density at radius 1 is 1.00 bits per heavy atom. The lowest BCUT2D eigenvalue weighted by molar-refractivity contribution is -0.150. The second-order valence-corrected chi connectivity index (χ2v) is 4.41. The van der Waals surface area contributed by atoms with Gasteiger partial charge in [-0.25, -0.2) is 4.68 Å². The molecule has 0 fully saturated rings. The van der Waals surface area contributed by atoms with Crippen LogP contribution in [0, 0.1) is 0 Å². The molecule has 1 heterocycles. The highest BCUT2D eigenvalue weighted by Crippen LogP contribution is 2.33. The number of aromatic nitrogens is 3. The molecule has 0 aliphatic carbocycles. The minimum atomic E-state index is -5.06. The summed E-state index contributed by atoms with van der Waals surface area (Å²) in [4.78, 5) is 2.54. The molecule has 0 saturated heterocycles. The molecule has 2 aromatic rings. The molecule has 0 unspecified atom stereocenters. The van der Waals surface area contributed by atoms with Crippen molar-refractivity contribution >= 4 is 11.6 Å². The van der Waals surface area contributed by atoms with Gasteiger partial charge < -0.3 is 0 Å². The number of benzene rings is 1. The van der Waals surface area contributed by atoms with E-state index in [-0.39, 0.29) is 15.3 Å². The average Bonchev–Trinajstić information content (AvgIpc) is 2.75. The summed E-state index contributed by atoms with van der Waals surface area (Å²) < 4.78 is 75.7. The Morgan fingerprint density at radius 2 is 1.62 bits per heavy atom. The SMILES string of the molecule is FC(F)(F)c1nc(C(F)(F)F)n(Cc2ccccc2Cl)n1. The molecule has 1 aromatic heterocycles. The van der Waals surface area contributed by atoms with Gasteiger partial charge in [0.15, 0.2) is 0 Å². The van der Waals surface area contributed by atoms with Crippen molar-refractivity contribution < 1.29 is 26.3 Å². The molecule has 0 bridgehead atoms. The van der Waals surface area contributed by atoms with E-state index in [2.05, 4.69) is 10.1 Å². The smallest absolute Gasteiger partial charge is 0.237 e. The van der Waals surface area contributed by atoms with Gasteiger partial charge in [0.2, 0.25) is 5.82 Å². The van der Waals surface area contributed by atoms with Crippen molar-refractivity contribution in [3.63, 3.8) is 0 Å². The molecule has 21 heavy (non-hydrogen) atoms. The van der Waals surface area contributed by atoms with E-state index in [0.717, 1.165) is 0 Å². The predicted molar refractivity (Wildman–Crippen MR) is 60.6 cm³/mol. The number of halogens is 7. The third-order valence-corrected chi connectivity index (χ3v) is 2.83. The molecule has 114 valence electrons. The van der Waals surface area contributed by atoms with Gasteiger partial charge in [0.1, 0.15) is 0 Å². The van der Waals surface area contributed by atoms with Crippen molar-refractivity contribution in [3.05, 3.63) is 46.5 Å². The molecule has 0 radical (unpaired) electrons. The summed E-state index contributed by atoms with van der Waals surface area (Å²) >= 11 is 5.77. The average molecular weight is 330 g/mol. The first-order valence-electron chi connectivity index (χ1n) is 5.41. The fraction of sp³-hybridized carbons (Fsp3) is 0.273. The Balaban J connectivity index is 2.47. The molecular formula is C11H6ClF6N3. The lowest BCUT2D eigenvalue weighted by atomic mass is 10.2. The van der Waals surface area contributed by atoms with Crippen molar-refractivity contribution in [1.29, 1.82) is 0 Å². The van der Waals surface area contributed by atoms with Crippen LogP contribution in [0.3, 0.4) is 0 Å². The fourth-order valence-electron chi connectivity index (χ4n) is 1.57. The molecule has 0 atom stereocenters. The molecule has 0 amide bonds. The van der Waals surface area contributed by atoms with Crippen LogP contribution in [0.5, 0.6) is 0 Å². The van der Waals surface area contributed by atoms with Crippen LogP contribution < -0.4 is 0 Å². The van der Waals surface area contributed by atoms with Crippen LogP contribution in [-0.2, 0) is 18.9 Å². The van der Waals surface area contributed by atoms with Crippen LogP contribution >= 0.6 is 11.6 Å². The van der Waals surface area contributed by atoms with Gasteiger partial charge in [0.25, 0.3) is 5.82 Å². The molecule has 2 rings (SSSR count). The molecule has 10 heteroatoms. The summed E-state index contributed by atoms with van der Waals surface area (Å²) in [6.07, 6.45) is -10.1. The number of rotatable bonds is 2. The lowest BCUT2D eigenvalue weighted by Gasteiger charge is -2.09. The molecule has 1 aromatic carbocycles. The van der Waals surface area contributed by atoms with Crippen LogP contribution in [0.2, 0.25) is 5.02 Å².